The van der Waals surface area contributed by atoms with Gasteiger partial charge in [-0.2, -0.15) is 5.10 Å². The molecule has 0 saturated heterocycles. The second-order valence-corrected chi connectivity index (χ2v) is 6.07. The normalized spacial score (nSPS) is 19.4. The molecule has 2 aromatic heterocycles. The van der Waals surface area contributed by atoms with E-state index in [0.717, 1.165) is 5.69 Å². The van der Waals surface area contributed by atoms with Gasteiger partial charge in [-0.1, -0.05) is 11.6 Å². The van der Waals surface area contributed by atoms with E-state index in [-0.39, 0.29) is 0 Å². The van der Waals surface area contributed by atoms with Crippen molar-refractivity contribution in [3.8, 4) is 11.3 Å². The van der Waals surface area contributed by atoms with Crippen LogP contribution < -0.4 is 0 Å². The molecule has 2 fully saturated rings. The second-order valence-electron chi connectivity index (χ2n) is 5.63. The molecule has 0 aliphatic heterocycles. The highest BCUT2D eigenvalue weighted by Crippen LogP contribution is 2.44. The maximum Gasteiger partial charge on any atom is 0.0749 e. The standard InChI is InChI=1S/C15H16ClN3/c16-11-6-7-14(17-8-11)13-9-19(12-2-1-3-12)18-15(13)10-4-5-10/h6-10,12H,1-5H2. The average Bonchev–Trinajstić information content (AvgIpc) is 3.10. The van der Waals surface area contributed by atoms with Gasteiger partial charge in [-0.15, -0.1) is 0 Å². The zero-order chi connectivity index (χ0) is 12.8. The molecule has 0 atom stereocenters. The number of rotatable bonds is 3. The minimum Gasteiger partial charge on any atom is -0.269 e. The molecule has 2 saturated carbocycles. The summed E-state index contributed by atoms with van der Waals surface area (Å²) in [7, 11) is 0. The lowest BCUT2D eigenvalue weighted by Gasteiger charge is -2.25. The lowest BCUT2D eigenvalue weighted by molar-refractivity contribution is 0.288. The zero-order valence-corrected chi connectivity index (χ0v) is 11.5. The monoisotopic (exact) mass is 273 g/mol. The molecule has 2 heterocycles. The first-order valence-electron chi connectivity index (χ1n) is 7.02. The van der Waals surface area contributed by atoms with Gasteiger partial charge in [0.15, 0.2) is 0 Å². The van der Waals surface area contributed by atoms with Gasteiger partial charge >= 0.3 is 0 Å². The summed E-state index contributed by atoms with van der Waals surface area (Å²) in [6.07, 6.45) is 10.3. The highest BCUT2D eigenvalue weighted by Gasteiger charge is 2.31. The van der Waals surface area contributed by atoms with Crippen molar-refractivity contribution in [2.45, 2.75) is 44.1 Å². The molecule has 0 N–H and O–H groups in total. The number of halogens is 1. The molecule has 98 valence electrons. The summed E-state index contributed by atoms with van der Waals surface area (Å²) in [5.41, 5.74) is 3.43. The van der Waals surface area contributed by atoms with E-state index in [1.807, 2.05) is 12.1 Å². The summed E-state index contributed by atoms with van der Waals surface area (Å²) in [6, 6.07) is 4.51. The minimum atomic E-state index is 0.610. The number of pyridine rings is 1. The van der Waals surface area contributed by atoms with Crippen molar-refractivity contribution in [2.24, 2.45) is 0 Å². The molecule has 2 aromatic rings. The van der Waals surface area contributed by atoms with Crippen LogP contribution in [0, 0.1) is 0 Å². The molecular formula is C15H16ClN3. The Kier molecular flexibility index (Phi) is 2.62. The Morgan fingerprint density at radius 3 is 2.58 bits per heavy atom. The summed E-state index contributed by atoms with van der Waals surface area (Å²) < 4.78 is 2.17. The second kappa shape index (κ2) is 4.34. The first-order valence-corrected chi connectivity index (χ1v) is 7.40. The van der Waals surface area contributed by atoms with Gasteiger partial charge in [0, 0.05) is 23.9 Å². The predicted molar refractivity (Wildman–Crippen MR) is 75.3 cm³/mol. The van der Waals surface area contributed by atoms with Crippen LogP contribution in [0.3, 0.4) is 0 Å². The zero-order valence-electron chi connectivity index (χ0n) is 10.7. The highest BCUT2D eigenvalue weighted by atomic mass is 35.5. The molecule has 0 bridgehead atoms. The molecular weight excluding hydrogens is 258 g/mol. The third-order valence-electron chi connectivity index (χ3n) is 4.18. The highest BCUT2D eigenvalue weighted by molar-refractivity contribution is 6.30. The van der Waals surface area contributed by atoms with Gasteiger partial charge in [-0.3, -0.25) is 9.67 Å². The molecule has 2 aliphatic rings. The van der Waals surface area contributed by atoms with Crippen LogP contribution in [0.1, 0.15) is 49.8 Å². The number of aromatic nitrogens is 3. The first kappa shape index (κ1) is 11.5. The number of hydrogen-bond acceptors (Lipinski definition) is 2. The van der Waals surface area contributed by atoms with Gasteiger partial charge in [-0.05, 0) is 44.2 Å². The third kappa shape index (κ3) is 2.06. The quantitative estimate of drug-likeness (QED) is 0.839. The van der Waals surface area contributed by atoms with Crippen LogP contribution in [-0.4, -0.2) is 14.8 Å². The van der Waals surface area contributed by atoms with E-state index in [9.17, 15) is 0 Å². The van der Waals surface area contributed by atoms with Gasteiger partial charge in [0.05, 0.1) is 22.5 Å². The van der Waals surface area contributed by atoms with Crippen LogP contribution in [-0.2, 0) is 0 Å². The molecule has 4 heteroatoms. The summed E-state index contributed by atoms with van der Waals surface area (Å²) >= 11 is 5.92. The van der Waals surface area contributed by atoms with Crippen molar-refractivity contribution in [1.82, 2.24) is 14.8 Å². The van der Waals surface area contributed by atoms with Crippen LogP contribution >= 0.6 is 11.6 Å². The van der Waals surface area contributed by atoms with E-state index in [1.54, 1.807) is 6.20 Å². The molecule has 0 aromatic carbocycles. The maximum absolute atomic E-state index is 5.92. The molecule has 0 amide bonds. The fourth-order valence-corrected chi connectivity index (χ4v) is 2.75. The molecule has 0 unspecified atom stereocenters. The van der Waals surface area contributed by atoms with Crippen LogP contribution in [0.2, 0.25) is 5.02 Å². The molecule has 19 heavy (non-hydrogen) atoms. The van der Waals surface area contributed by atoms with Gasteiger partial charge in [0.25, 0.3) is 0 Å². The number of hydrogen-bond donors (Lipinski definition) is 0. The SMILES string of the molecule is Clc1ccc(-c2cn(C3CCC3)nc2C2CC2)nc1. The molecule has 3 nitrogen and oxygen atoms in total. The van der Waals surface area contributed by atoms with Crippen LogP contribution in [0.15, 0.2) is 24.5 Å². The van der Waals surface area contributed by atoms with Crippen LogP contribution in [0.4, 0.5) is 0 Å². The average molecular weight is 274 g/mol. The summed E-state index contributed by atoms with van der Waals surface area (Å²) in [5.74, 6) is 0.647. The number of nitrogens with zero attached hydrogens (tertiary/aromatic N) is 3. The van der Waals surface area contributed by atoms with Crippen LogP contribution in [0.25, 0.3) is 11.3 Å². The van der Waals surface area contributed by atoms with E-state index in [1.165, 1.54) is 43.4 Å². The predicted octanol–water partition coefficient (Wildman–Crippen LogP) is 4.20. The summed E-state index contributed by atoms with van der Waals surface area (Å²) in [6.45, 7) is 0. The van der Waals surface area contributed by atoms with Crippen molar-refractivity contribution in [3.05, 3.63) is 35.2 Å². The van der Waals surface area contributed by atoms with Gasteiger partial charge in [0.2, 0.25) is 0 Å². The maximum atomic E-state index is 5.92. The van der Waals surface area contributed by atoms with Crippen molar-refractivity contribution in [2.75, 3.05) is 0 Å². The lowest BCUT2D eigenvalue weighted by atomic mass is 9.93. The van der Waals surface area contributed by atoms with Gasteiger partial charge < -0.3 is 0 Å². The molecule has 4 rings (SSSR count). The lowest BCUT2D eigenvalue weighted by Crippen LogP contribution is -2.17. The minimum absolute atomic E-state index is 0.610. The smallest absolute Gasteiger partial charge is 0.0749 e. The largest absolute Gasteiger partial charge is 0.269 e. The topological polar surface area (TPSA) is 30.7 Å². The molecule has 2 aliphatic carbocycles. The fourth-order valence-electron chi connectivity index (χ4n) is 2.63. The van der Waals surface area contributed by atoms with E-state index >= 15 is 0 Å². The van der Waals surface area contributed by atoms with Gasteiger partial charge in [-0.25, -0.2) is 0 Å². The van der Waals surface area contributed by atoms with Crippen molar-refractivity contribution in [1.29, 1.82) is 0 Å². The fraction of sp³-hybridized carbons (Fsp3) is 0.467. The molecule has 0 radical (unpaired) electrons. The Balaban J connectivity index is 1.76. The van der Waals surface area contributed by atoms with E-state index in [2.05, 4.69) is 15.9 Å². The summed E-state index contributed by atoms with van der Waals surface area (Å²) in [5, 5.41) is 5.52. The van der Waals surface area contributed by atoms with Crippen molar-refractivity contribution in [3.63, 3.8) is 0 Å². The van der Waals surface area contributed by atoms with Gasteiger partial charge in [0.1, 0.15) is 0 Å². The van der Waals surface area contributed by atoms with E-state index in [0.29, 0.717) is 17.0 Å². The Labute approximate surface area is 117 Å². The van der Waals surface area contributed by atoms with E-state index < -0.39 is 0 Å². The van der Waals surface area contributed by atoms with Crippen LogP contribution in [0.5, 0.6) is 0 Å². The Morgan fingerprint density at radius 1 is 1.16 bits per heavy atom. The van der Waals surface area contributed by atoms with Crippen molar-refractivity contribution >= 4 is 11.6 Å². The van der Waals surface area contributed by atoms with Crippen molar-refractivity contribution < 1.29 is 0 Å². The first-order chi connectivity index (χ1) is 9.31. The Bertz CT molecular complexity index is 594. The van der Waals surface area contributed by atoms with E-state index in [4.69, 9.17) is 16.7 Å². The Hall–Kier alpha value is -1.35. The summed E-state index contributed by atoms with van der Waals surface area (Å²) in [4.78, 5) is 4.45. The molecule has 0 spiro atoms. The third-order valence-corrected chi connectivity index (χ3v) is 4.40. The Morgan fingerprint density at radius 2 is 2.00 bits per heavy atom.